The largest absolute Gasteiger partial charge is 0.395 e. The number of nitrogens with zero attached hydrogens (tertiary/aromatic N) is 2. The zero-order valence-corrected chi connectivity index (χ0v) is 12.8. The Bertz CT molecular complexity index is 595. The normalized spacial score (nSPS) is 10.6. The van der Waals surface area contributed by atoms with Crippen LogP contribution in [0.3, 0.4) is 0 Å². The molecule has 0 saturated carbocycles. The van der Waals surface area contributed by atoms with E-state index in [0.29, 0.717) is 13.1 Å². The number of carbonyl (C=O) groups is 1. The van der Waals surface area contributed by atoms with Crippen LogP contribution in [0.4, 0.5) is 0 Å². The van der Waals surface area contributed by atoms with Gasteiger partial charge >= 0.3 is 0 Å². The van der Waals surface area contributed by atoms with Crippen LogP contribution in [0.15, 0.2) is 29.6 Å². The molecule has 0 aliphatic carbocycles. The van der Waals surface area contributed by atoms with Crippen LogP contribution in [0.2, 0.25) is 0 Å². The number of amides is 1. The summed E-state index contributed by atoms with van der Waals surface area (Å²) in [6.45, 7) is 0.837. The van der Waals surface area contributed by atoms with Gasteiger partial charge in [-0.2, -0.15) is 0 Å². The van der Waals surface area contributed by atoms with Crippen molar-refractivity contribution >= 4 is 17.2 Å². The van der Waals surface area contributed by atoms with Crippen molar-refractivity contribution in [1.29, 1.82) is 0 Å². The van der Waals surface area contributed by atoms with E-state index < -0.39 is 0 Å². The van der Waals surface area contributed by atoms with Crippen LogP contribution in [0.5, 0.6) is 0 Å². The average molecular weight is 305 g/mol. The third-order valence-electron chi connectivity index (χ3n) is 3.18. The lowest BCUT2D eigenvalue weighted by Crippen LogP contribution is -2.30. The molecule has 21 heavy (non-hydrogen) atoms. The summed E-state index contributed by atoms with van der Waals surface area (Å²) < 4.78 is 0. The molecule has 0 saturated heterocycles. The highest BCUT2D eigenvalue weighted by Gasteiger charge is 2.12. The molecule has 0 aliphatic rings. The molecule has 0 atom stereocenters. The molecular formula is C15H19N3O2S. The molecule has 0 bridgehead atoms. The first kappa shape index (κ1) is 15.6. The number of hydrogen-bond donors (Lipinski definition) is 2. The predicted molar refractivity (Wildman–Crippen MR) is 83.9 cm³/mol. The molecular weight excluding hydrogens is 286 g/mol. The summed E-state index contributed by atoms with van der Waals surface area (Å²) in [5.74, 6) is -0.0422. The van der Waals surface area contributed by atoms with Gasteiger partial charge in [0, 0.05) is 31.1 Å². The van der Waals surface area contributed by atoms with Gasteiger partial charge in [-0.1, -0.05) is 24.3 Å². The number of nitrogens with two attached hydrogens (primary N) is 1. The van der Waals surface area contributed by atoms with E-state index in [4.69, 9.17) is 10.8 Å². The first-order chi connectivity index (χ1) is 10.1. The number of likely N-dealkylation sites (N-methyl/N-ethyl adjacent to an activating group) is 1. The highest BCUT2D eigenvalue weighted by molar-refractivity contribution is 7.13. The highest BCUT2D eigenvalue weighted by atomic mass is 32.1. The second-order valence-electron chi connectivity index (χ2n) is 4.76. The van der Waals surface area contributed by atoms with E-state index in [1.165, 1.54) is 16.2 Å². The van der Waals surface area contributed by atoms with Crippen LogP contribution in [0, 0.1) is 0 Å². The average Bonchev–Trinajstić information content (AvgIpc) is 2.96. The number of aliphatic hydroxyl groups is 1. The predicted octanol–water partition coefficient (Wildman–Crippen LogP) is 1.26. The standard InChI is InChI=1S/C15H19N3O2S/c1-18(6-7-19)14(20)8-13-10-21-15(17-13)12-4-2-11(9-16)3-5-12/h2-5,10,19H,6-9,16H2,1H3. The Kier molecular flexibility index (Phi) is 5.44. The molecule has 0 fully saturated rings. The molecule has 1 aromatic heterocycles. The summed E-state index contributed by atoms with van der Waals surface area (Å²) in [4.78, 5) is 17.9. The van der Waals surface area contributed by atoms with Gasteiger partial charge in [0.2, 0.25) is 5.91 Å². The lowest BCUT2D eigenvalue weighted by molar-refractivity contribution is -0.129. The number of aliphatic hydroxyl groups excluding tert-OH is 1. The molecule has 3 N–H and O–H groups in total. The third kappa shape index (κ3) is 4.10. The van der Waals surface area contributed by atoms with E-state index in [1.807, 2.05) is 29.6 Å². The number of aromatic nitrogens is 1. The van der Waals surface area contributed by atoms with Crippen molar-refractivity contribution in [3.63, 3.8) is 0 Å². The zero-order chi connectivity index (χ0) is 15.2. The smallest absolute Gasteiger partial charge is 0.228 e. The summed E-state index contributed by atoms with van der Waals surface area (Å²) in [5, 5.41) is 11.6. The fraction of sp³-hybridized carbons (Fsp3) is 0.333. The van der Waals surface area contributed by atoms with E-state index in [1.54, 1.807) is 7.05 Å². The van der Waals surface area contributed by atoms with Crippen LogP contribution in [-0.2, 0) is 17.8 Å². The number of thiazole rings is 1. The van der Waals surface area contributed by atoms with Gasteiger partial charge in [-0.3, -0.25) is 4.79 Å². The van der Waals surface area contributed by atoms with Gasteiger partial charge in [-0.25, -0.2) is 4.98 Å². The maximum absolute atomic E-state index is 11.9. The number of carbonyl (C=O) groups excluding carboxylic acids is 1. The van der Waals surface area contributed by atoms with Crippen molar-refractivity contribution in [1.82, 2.24) is 9.88 Å². The van der Waals surface area contributed by atoms with E-state index >= 15 is 0 Å². The minimum atomic E-state index is -0.0422. The maximum atomic E-state index is 11.9. The van der Waals surface area contributed by atoms with Crippen LogP contribution in [0.1, 0.15) is 11.3 Å². The quantitative estimate of drug-likeness (QED) is 0.842. The van der Waals surface area contributed by atoms with Crippen molar-refractivity contribution < 1.29 is 9.90 Å². The molecule has 1 aromatic carbocycles. The Balaban J connectivity index is 2.05. The molecule has 0 radical (unpaired) electrons. The SMILES string of the molecule is CN(CCO)C(=O)Cc1csc(-c2ccc(CN)cc2)n1. The fourth-order valence-electron chi connectivity index (χ4n) is 1.87. The Hall–Kier alpha value is -1.76. The van der Waals surface area contributed by atoms with Gasteiger partial charge in [0.05, 0.1) is 18.7 Å². The molecule has 0 unspecified atom stereocenters. The molecule has 0 aliphatic heterocycles. The van der Waals surface area contributed by atoms with Crippen LogP contribution in [-0.4, -0.2) is 41.1 Å². The van der Waals surface area contributed by atoms with Crippen molar-refractivity contribution in [2.45, 2.75) is 13.0 Å². The lowest BCUT2D eigenvalue weighted by Gasteiger charge is -2.14. The lowest BCUT2D eigenvalue weighted by atomic mass is 10.1. The highest BCUT2D eigenvalue weighted by Crippen LogP contribution is 2.24. The monoisotopic (exact) mass is 305 g/mol. The van der Waals surface area contributed by atoms with Crippen molar-refractivity contribution in [2.75, 3.05) is 20.2 Å². The van der Waals surface area contributed by atoms with Gasteiger partial charge in [0.1, 0.15) is 5.01 Å². The van der Waals surface area contributed by atoms with Crippen LogP contribution >= 0.6 is 11.3 Å². The summed E-state index contributed by atoms with van der Waals surface area (Å²) >= 11 is 1.52. The third-order valence-corrected chi connectivity index (χ3v) is 4.12. The molecule has 1 heterocycles. The Morgan fingerprint density at radius 1 is 1.38 bits per heavy atom. The molecule has 2 aromatic rings. The van der Waals surface area contributed by atoms with Crippen molar-refractivity contribution in [3.05, 3.63) is 40.9 Å². The summed E-state index contributed by atoms with van der Waals surface area (Å²) in [5.41, 5.74) is 8.44. The summed E-state index contributed by atoms with van der Waals surface area (Å²) in [7, 11) is 1.68. The number of rotatable bonds is 6. The van der Waals surface area contributed by atoms with Gasteiger partial charge in [0.25, 0.3) is 0 Å². The van der Waals surface area contributed by atoms with Gasteiger partial charge in [-0.15, -0.1) is 11.3 Å². The molecule has 2 rings (SSSR count). The zero-order valence-electron chi connectivity index (χ0n) is 12.0. The van der Waals surface area contributed by atoms with E-state index in [2.05, 4.69) is 4.98 Å². The Labute approximate surface area is 128 Å². The molecule has 1 amide bonds. The van der Waals surface area contributed by atoms with E-state index in [9.17, 15) is 4.79 Å². The molecule has 6 heteroatoms. The van der Waals surface area contributed by atoms with Crippen molar-refractivity contribution in [2.24, 2.45) is 5.73 Å². The topological polar surface area (TPSA) is 79.5 Å². The summed E-state index contributed by atoms with van der Waals surface area (Å²) in [6, 6.07) is 7.95. The molecule has 112 valence electrons. The number of benzene rings is 1. The molecule has 5 nitrogen and oxygen atoms in total. The minimum absolute atomic E-state index is 0.0297. The molecule has 0 spiro atoms. The second-order valence-corrected chi connectivity index (χ2v) is 5.62. The van der Waals surface area contributed by atoms with E-state index in [0.717, 1.165) is 21.8 Å². The van der Waals surface area contributed by atoms with Gasteiger partial charge < -0.3 is 15.7 Å². The van der Waals surface area contributed by atoms with Crippen LogP contribution in [0.25, 0.3) is 10.6 Å². The van der Waals surface area contributed by atoms with E-state index in [-0.39, 0.29) is 18.9 Å². The fourth-order valence-corrected chi connectivity index (χ4v) is 2.69. The van der Waals surface area contributed by atoms with Gasteiger partial charge in [-0.05, 0) is 5.56 Å². The first-order valence-corrected chi connectivity index (χ1v) is 7.60. The maximum Gasteiger partial charge on any atom is 0.228 e. The number of hydrogen-bond acceptors (Lipinski definition) is 5. The second kappa shape index (κ2) is 7.31. The van der Waals surface area contributed by atoms with Gasteiger partial charge in [0.15, 0.2) is 0 Å². The Morgan fingerprint density at radius 2 is 2.10 bits per heavy atom. The first-order valence-electron chi connectivity index (χ1n) is 6.72. The van der Waals surface area contributed by atoms with Crippen molar-refractivity contribution in [3.8, 4) is 10.6 Å². The summed E-state index contributed by atoms with van der Waals surface area (Å²) in [6.07, 6.45) is 0.258. The Morgan fingerprint density at radius 3 is 2.71 bits per heavy atom. The minimum Gasteiger partial charge on any atom is -0.395 e. The van der Waals surface area contributed by atoms with Crippen LogP contribution < -0.4 is 5.73 Å².